The number of rotatable bonds is 3. The van der Waals surface area contributed by atoms with Gasteiger partial charge in [-0.3, -0.25) is 0 Å². The van der Waals surface area contributed by atoms with Crippen LogP contribution in [0.25, 0.3) is 6.08 Å². The first kappa shape index (κ1) is 12.2. The maximum absolute atomic E-state index is 5.56. The third-order valence-electron chi connectivity index (χ3n) is 2.41. The quantitative estimate of drug-likeness (QED) is 0.688. The Morgan fingerprint density at radius 3 is 2.93 bits per heavy atom. The van der Waals surface area contributed by atoms with Gasteiger partial charge in [0.2, 0.25) is 0 Å². The first-order chi connectivity index (χ1) is 6.42. The van der Waals surface area contributed by atoms with Gasteiger partial charge in [0, 0.05) is 12.1 Å². The summed E-state index contributed by atoms with van der Waals surface area (Å²) in [6.45, 7) is 2.93. The number of hydrogen-bond acceptors (Lipinski definition) is 1. The second kappa shape index (κ2) is 5.88. The van der Waals surface area contributed by atoms with Gasteiger partial charge in [-0.15, -0.1) is 0 Å². The molecule has 1 aliphatic carbocycles. The average Bonchev–Trinajstić information content (AvgIpc) is 2.58. The van der Waals surface area contributed by atoms with Gasteiger partial charge in [0.05, 0.1) is 0 Å². The van der Waals surface area contributed by atoms with Crippen molar-refractivity contribution in [3.05, 3.63) is 41.5 Å². The van der Waals surface area contributed by atoms with E-state index in [0.29, 0.717) is 5.54 Å². The molecule has 0 heterocycles. The zero-order valence-electron chi connectivity index (χ0n) is 7.86. The summed E-state index contributed by atoms with van der Waals surface area (Å²) >= 11 is 0. The predicted octanol–water partition coefficient (Wildman–Crippen LogP) is 1.23. The second-order valence-corrected chi connectivity index (χ2v) is 4.88. The average molecular weight is 214 g/mol. The third kappa shape index (κ3) is 2.58. The molecule has 1 aliphatic rings. The predicted molar refractivity (Wildman–Crippen MR) is 65.5 cm³/mol. The zero-order chi connectivity index (χ0) is 9.10. The van der Waals surface area contributed by atoms with Crippen LogP contribution in [0.4, 0.5) is 0 Å². The van der Waals surface area contributed by atoms with Gasteiger partial charge >= 0.3 is 29.6 Å². The number of fused-ring (bicyclic) bond motifs is 1. The Labute approximate surface area is 110 Å². The van der Waals surface area contributed by atoms with Crippen molar-refractivity contribution in [2.45, 2.75) is 12.5 Å². The van der Waals surface area contributed by atoms with Crippen LogP contribution in [-0.4, -0.2) is 45.9 Å². The van der Waals surface area contributed by atoms with E-state index < -0.39 is 9.76 Å². The molecular weight excluding hydrogens is 199 g/mol. The standard InChI is InChI=1S/C11H14OSi.Na.H/c1-2-12-13-11-8-7-9-5-3-4-6-10(9)11;;/h3-8,11H,2,13H2,1H3;;. The van der Waals surface area contributed by atoms with E-state index in [2.05, 4.69) is 43.3 Å². The molecule has 0 radical (unpaired) electrons. The molecule has 2 rings (SSSR count). The molecule has 70 valence electrons. The van der Waals surface area contributed by atoms with Crippen molar-refractivity contribution in [2.75, 3.05) is 6.61 Å². The molecule has 3 heteroatoms. The van der Waals surface area contributed by atoms with Crippen molar-refractivity contribution in [2.24, 2.45) is 0 Å². The summed E-state index contributed by atoms with van der Waals surface area (Å²) in [5.41, 5.74) is 3.44. The Hall–Kier alpha value is 0.137. The van der Waals surface area contributed by atoms with Gasteiger partial charge < -0.3 is 4.43 Å². The Bertz CT molecular complexity index is 325. The van der Waals surface area contributed by atoms with Crippen molar-refractivity contribution in [1.82, 2.24) is 0 Å². The Morgan fingerprint density at radius 2 is 2.14 bits per heavy atom. The summed E-state index contributed by atoms with van der Waals surface area (Å²) in [6, 6.07) is 8.59. The van der Waals surface area contributed by atoms with Crippen LogP contribution in [0.5, 0.6) is 0 Å². The molecule has 0 saturated carbocycles. The molecular formula is C11H15NaOSi. The fourth-order valence-corrected chi connectivity index (χ4v) is 3.00. The van der Waals surface area contributed by atoms with Gasteiger partial charge in [-0.1, -0.05) is 36.4 Å². The number of allylic oxidation sites excluding steroid dienone is 1. The fourth-order valence-electron chi connectivity index (χ4n) is 1.71. The summed E-state index contributed by atoms with van der Waals surface area (Å²) in [5.74, 6) is 0. The first-order valence-corrected chi connectivity index (χ1v) is 6.16. The molecule has 0 N–H and O–H groups in total. The van der Waals surface area contributed by atoms with Gasteiger partial charge in [0.15, 0.2) is 9.76 Å². The molecule has 0 spiro atoms. The van der Waals surface area contributed by atoms with Gasteiger partial charge in [-0.25, -0.2) is 0 Å². The van der Waals surface area contributed by atoms with Crippen molar-refractivity contribution < 1.29 is 4.43 Å². The Balaban J connectivity index is 0.000000980. The minimum atomic E-state index is -0.408. The number of benzene rings is 1. The van der Waals surface area contributed by atoms with Crippen LogP contribution in [-0.2, 0) is 4.43 Å². The van der Waals surface area contributed by atoms with Crippen LogP contribution >= 0.6 is 0 Å². The van der Waals surface area contributed by atoms with Crippen LogP contribution in [0.2, 0.25) is 0 Å². The van der Waals surface area contributed by atoms with E-state index in [4.69, 9.17) is 4.43 Å². The van der Waals surface area contributed by atoms with E-state index in [0.717, 1.165) is 6.61 Å². The molecule has 1 unspecified atom stereocenters. The first-order valence-electron chi connectivity index (χ1n) is 4.76. The van der Waals surface area contributed by atoms with Gasteiger partial charge in [-0.05, 0) is 18.1 Å². The fraction of sp³-hybridized carbons (Fsp3) is 0.273. The van der Waals surface area contributed by atoms with Crippen molar-refractivity contribution in [1.29, 1.82) is 0 Å². The SMILES string of the molecule is CCO[SiH2]C1C=Cc2ccccc21.[NaH]. The van der Waals surface area contributed by atoms with Crippen molar-refractivity contribution >= 4 is 45.4 Å². The van der Waals surface area contributed by atoms with Crippen LogP contribution in [0.1, 0.15) is 23.6 Å². The Kier molecular flexibility index (Phi) is 5.13. The summed E-state index contributed by atoms with van der Waals surface area (Å²) in [4.78, 5) is 0. The molecule has 0 aromatic heterocycles. The normalized spacial score (nSPS) is 18.5. The van der Waals surface area contributed by atoms with E-state index in [9.17, 15) is 0 Å². The molecule has 1 atom stereocenters. The molecule has 0 aliphatic heterocycles. The van der Waals surface area contributed by atoms with Crippen molar-refractivity contribution in [3.63, 3.8) is 0 Å². The van der Waals surface area contributed by atoms with Gasteiger partial charge in [0.1, 0.15) is 0 Å². The van der Waals surface area contributed by atoms with Gasteiger partial charge in [0.25, 0.3) is 0 Å². The molecule has 1 aromatic rings. The van der Waals surface area contributed by atoms with Crippen LogP contribution < -0.4 is 0 Å². The van der Waals surface area contributed by atoms with Gasteiger partial charge in [-0.2, -0.15) is 0 Å². The summed E-state index contributed by atoms with van der Waals surface area (Å²) < 4.78 is 5.56. The second-order valence-electron chi connectivity index (χ2n) is 3.25. The monoisotopic (exact) mass is 214 g/mol. The summed E-state index contributed by atoms with van der Waals surface area (Å²) in [6.07, 6.45) is 4.50. The van der Waals surface area contributed by atoms with Crippen LogP contribution in [0, 0.1) is 0 Å². The molecule has 0 amide bonds. The molecule has 14 heavy (non-hydrogen) atoms. The van der Waals surface area contributed by atoms with E-state index in [1.807, 2.05) is 0 Å². The van der Waals surface area contributed by atoms with Crippen molar-refractivity contribution in [3.8, 4) is 0 Å². The van der Waals surface area contributed by atoms with Crippen LogP contribution in [0.15, 0.2) is 30.3 Å². The van der Waals surface area contributed by atoms with E-state index in [1.54, 1.807) is 0 Å². The topological polar surface area (TPSA) is 9.23 Å². The van der Waals surface area contributed by atoms with E-state index >= 15 is 0 Å². The zero-order valence-corrected chi connectivity index (χ0v) is 9.28. The molecule has 0 fully saturated rings. The molecule has 0 saturated heterocycles. The molecule has 1 aromatic carbocycles. The van der Waals surface area contributed by atoms with E-state index in [-0.39, 0.29) is 29.6 Å². The molecule has 1 nitrogen and oxygen atoms in total. The summed E-state index contributed by atoms with van der Waals surface area (Å²) in [5, 5.41) is 0. The third-order valence-corrected chi connectivity index (χ3v) is 4.12. The van der Waals surface area contributed by atoms with E-state index in [1.165, 1.54) is 11.1 Å². The van der Waals surface area contributed by atoms with Crippen LogP contribution in [0.3, 0.4) is 0 Å². The summed E-state index contributed by atoms with van der Waals surface area (Å²) in [7, 11) is -0.408. The maximum atomic E-state index is 5.56. The Morgan fingerprint density at radius 1 is 1.36 bits per heavy atom. The number of hydrogen-bond donors (Lipinski definition) is 0. The minimum absolute atomic E-state index is 0. The molecule has 0 bridgehead atoms.